The smallest absolute Gasteiger partial charge is 0.251 e. The van der Waals surface area contributed by atoms with E-state index in [-0.39, 0.29) is 35.7 Å². The van der Waals surface area contributed by atoms with E-state index in [9.17, 15) is 9.59 Å². The lowest BCUT2D eigenvalue weighted by molar-refractivity contribution is -0.121. The monoisotopic (exact) mass is 372 g/mol. The maximum Gasteiger partial charge on any atom is 0.251 e. The number of thiophene rings is 1. The molecular formula is C21H28N2O2S. The van der Waals surface area contributed by atoms with Crippen molar-refractivity contribution < 1.29 is 9.59 Å². The number of carbonyl (C=O) groups excluding carboxylic acids is 2. The Hall–Kier alpha value is -2.14. The van der Waals surface area contributed by atoms with Crippen molar-refractivity contribution in [3.8, 4) is 0 Å². The van der Waals surface area contributed by atoms with E-state index in [2.05, 4.69) is 45.3 Å². The molecule has 140 valence electrons. The van der Waals surface area contributed by atoms with E-state index < -0.39 is 0 Å². The lowest BCUT2D eigenvalue weighted by Crippen LogP contribution is -2.39. The first-order valence-electron chi connectivity index (χ1n) is 8.90. The Bertz CT molecular complexity index is 728. The summed E-state index contributed by atoms with van der Waals surface area (Å²) in [5.74, 6) is -0.146. The maximum atomic E-state index is 12.3. The molecule has 0 aliphatic heterocycles. The van der Waals surface area contributed by atoms with Gasteiger partial charge in [0.05, 0.1) is 12.6 Å². The summed E-state index contributed by atoms with van der Waals surface area (Å²) < 4.78 is 0. The Morgan fingerprint density at radius 1 is 1.08 bits per heavy atom. The van der Waals surface area contributed by atoms with Crippen LogP contribution in [0.25, 0.3) is 0 Å². The second kappa shape index (κ2) is 8.49. The van der Waals surface area contributed by atoms with Gasteiger partial charge in [0.1, 0.15) is 0 Å². The third kappa shape index (κ3) is 5.43. The first kappa shape index (κ1) is 20.2. The van der Waals surface area contributed by atoms with E-state index in [0.29, 0.717) is 5.56 Å². The van der Waals surface area contributed by atoms with Crippen molar-refractivity contribution in [2.45, 2.75) is 46.1 Å². The molecule has 0 saturated carbocycles. The van der Waals surface area contributed by atoms with Crippen molar-refractivity contribution in [3.05, 3.63) is 57.8 Å². The van der Waals surface area contributed by atoms with Crippen LogP contribution in [0.15, 0.2) is 41.8 Å². The zero-order chi connectivity index (χ0) is 19.3. The van der Waals surface area contributed by atoms with E-state index in [1.54, 1.807) is 23.5 Å². The maximum absolute atomic E-state index is 12.3. The average Bonchev–Trinajstić information content (AvgIpc) is 3.10. The molecule has 0 aliphatic carbocycles. The highest BCUT2D eigenvalue weighted by atomic mass is 32.1. The normalized spacial score (nSPS) is 12.7. The molecule has 1 unspecified atom stereocenters. The predicted molar refractivity (Wildman–Crippen MR) is 108 cm³/mol. The minimum absolute atomic E-state index is 0.0333. The van der Waals surface area contributed by atoms with Crippen molar-refractivity contribution in [1.29, 1.82) is 0 Å². The average molecular weight is 373 g/mol. The van der Waals surface area contributed by atoms with Gasteiger partial charge in [-0.3, -0.25) is 9.59 Å². The number of nitrogens with one attached hydrogen (secondary N) is 2. The number of rotatable bonds is 6. The molecule has 1 atom stereocenters. The molecule has 0 saturated heterocycles. The van der Waals surface area contributed by atoms with Crippen LogP contribution in [-0.2, 0) is 10.2 Å². The molecule has 0 aliphatic rings. The van der Waals surface area contributed by atoms with Crippen LogP contribution in [0, 0.1) is 5.92 Å². The van der Waals surface area contributed by atoms with Gasteiger partial charge in [0.2, 0.25) is 5.91 Å². The topological polar surface area (TPSA) is 58.2 Å². The van der Waals surface area contributed by atoms with Gasteiger partial charge in [-0.25, -0.2) is 0 Å². The Labute approximate surface area is 160 Å². The summed E-state index contributed by atoms with van der Waals surface area (Å²) in [6, 6.07) is 11.5. The Morgan fingerprint density at radius 3 is 2.23 bits per heavy atom. The largest absolute Gasteiger partial charge is 0.347 e. The third-order valence-corrected chi connectivity index (χ3v) is 5.21. The number of benzene rings is 1. The molecule has 1 heterocycles. The van der Waals surface area contributed by atoms with Crippen molar-refractivity contribution >= 4 is 23.2 Å². The van der Waals surface area contributed by atoms with Crippen LogP contribution in [0.2, 0.25) is 0 Å². The third-order valence-electron chi connectivity index (χ3n) is 4.26. The van der Waals surface area contributed by atoms with Crippen LogP contribution in [-0.4, -0.2) is 18.4 Å². The second-order valence-corrected chi connectivity index (χ2v) is 8.79. The first-order chi connectivity index (χ1) is 12.2. The van der Waals surface area contributed by atoms with Gasteiger partial charge < -0.3 is 10.6 Å². The molecule has 5 heteroatoms. The summed E-state index contributed by atoms with van der Waals surface area (Å²) in [4.78, 5) is 25.6. The molecule has 0 radical (unpaired) electrons. The first-order valence-corrected chi connectivity index (χ1v) is 9.78. The summed E-state index contributed by atoms with van der Waals surface area (Å²) >= 11 is 1.62. The van der Waals surface area contributed by atoms with Crippen LogP contribution in [0.4, 0.5) is 0 Å². The van der Waals surface area contributed by atoms with Gasteiger partial charge in [-0.2, -0.15) is 0 Å². The van der Waals surface area contributed by atoms with Gasteiger partial charge in [-0.1, -0.05) is 52.8 Å². The fourth-order valence-electron chi connectivity index (χ4n) is 2.64. The van der Waals surface area contributed by atoms with Crippen molar-refractivity contribution in [2.75, 3.05) is 6.54 Å². The lowest BCUT2D eigenvalue weighted by Gasteiger charge is -2.21. The fourth-order valence-corrected chi connectivity index (χ4v) is 3.59. The fraction of sp³-hybridized carbons (Fsp3) is 0.429. The minimum atomic E-state index is -0.238. The standard InChI is InChI=1S/C21H28N2O2S/c1-14(2)19(17-7-6-12-26-17)23-18(24)13-22-20(25)15-8-10-16(11-9-15)21(3,4)5/h6-12,14,19H,13H2,1-5H3,(H,22,25)(H,23,24). The van der Waals surface area contributed by atoms with Gasteiger partial charge >= 0.3 is 0 Å². The molecule has 0 fully saturated rings. The number of hydrogen-bond acceptors (Lipinski definition) is 3. The summed E-state index contributed by atoms with van der Waals surface area (Å²) in [6.07, 6.45) is 0. The number of carbonyl (C=O) groups is 2. The molecular weight excluding hydrogens is 344 g/mol. The zero-order valence-electron chi connectivity index (χ0n) is 16.1. The number of amides is 2. The van der Waals surface area contributed by atoms with Crippen molar-refractivity contribution in [1.82, 2.24) is 10.6 Å². The van der Waals surface area contributed by atoms with Crippen LogP contribution in [0.5, 0.6) is 0 Å². The van der Waals surface area contributed by atoms with Gasteiger partial charge in [-0.15, -0.1) is 11.3 Å². The zero-order valence-corrected chi connectivity index (χ0v) is 16.9. The Balaban J connectivity index is 1.91. The van der Waals surface area contributed by atoms with E-state index in [1.807, 2.05) is 29.6 Å². The van der Waals surface area contributed by atoms with Gasteiger partial charge in [0, 0.05) is 10.4 Å². The molecule has 4 nitrogen and oxygen atoms in total. The van der Waals surface area contributed by atoms with Crippen LogP contribution in [0.3, 0.4) is 0 Å². The predicted octanol–water partition coefficient (Wildman–Crippen LogP) is 4.29. The minimum Gasteiger partial charge on any atom is -0.347 e. The number of hydrogen-bond donors (Lipinski definition) is 2. The van der Waals surface area contributed by atoms with Gasteiger partial charge in [0.15, 0.2) is 0 Å². The van der Waals surface area contributed by atoms with Crippen molar-refractivity contribution in [3.63, 3.8) is 0 Å². The Morgan fingerprint density at radius 2 is 1.73 bits per heavy atom. The van der Waals surface area contributed by atoms with E-state index in [0.717, 1.165) is 4.88 Å². The van der Waals surface area contributed by atoms with Gasteiger partial charge in [0.25, 0.3) is 5.91 Å². The highest BCUT2D eigenvalue weighted by Gasteiger charge is 2.20. The molecule has 1 aromatic heterocycles. The highest BCUT2D eigenvalue weighted by Crippen LogP contribution is 2.25. The molecule has 2 amide bonds. The van der Waals surface area contributed by atoms with Crippen LogP contribution >= 0.6 is 11.3 Å². The molecule has 1 aromatic carbocycles. The van der Waals surface area contributed by atoms with Gasteiger partial charge in [-0.05, 0) is 40.5 Å². The van der Waals surface area contributed by atoms with Crippen LogP contribution in [0.1, 0.15) is 61.5 Å². The highest BCUT2D eigenvalue weighted by molar-refractivity contribution is 7.10. The summed E-state index contributed by atoms with van der Waals surface area (Å²) in [6.45, 7) is 10.5. The molecule has 0 bridgehead atoms. The SMILES string of the molecule is CC(C)C(NC(=O)CNC(=O)c1ccc(C(C)(C)C)cc1)c1cccs1. The quantitative estimate of drug-likeness (QED) is 0.795. The van der Waals surface area contributed by atoms with E-state index in [1.165, 1.54) is 5.56 Å². The van der Waals surface area contributed by atoms with Crippen LogP contribution < -0.4 is 10.6 Å². The second-order valence-electron chi connectivity index (χ2n) is 7.81. The van der Waals surface area contributed by atoms with E-state index >= 15 is 0 Å². The Kier molecular flexibility index (Phi) is 6.59. The summed E-state index contributed by atoms with van der Waals surface area (Å²) in [7, 11) is 0. The molecule has 0 spiro atoms. The van der Waals surface area contributed by atoms with Crippen molar-refractivity contribution in [2.24, 2.45) is 5.92 Å². The summed E-state index contributed by atoms with van der Waals surface area (Å²) in [5.41, 5.74) is 1.77. The van der Waals surface area contributed by atoms with E-state index in [4.69, 9.17) is 0 Å². The molecule has 26 heavy (non-hydrogen) atoms. The molecule has 2 aromatic rings. The lowest BCUT2D eigenvalue weighted by atomic mass is 9.87. The molecule has 2 N–H and O–H groups in total. The summed E-state index contributed by atoms with van der Waals surface area (Å²) in [5, 5.41) is 7.71. The molecule has 2 rings (SSSR count).